The van der Waals surface area contributed by atoms with Crippen molar-refractivity contribution in [2.45, 2.75) is 0 Å². The molecule has 0 heterocycles. The molecule has 136 valence electrons. The van der Waals surface area contributed by atoms with E-state index in [1.807, 2.05) is 60.7 Å². The summed E-state index contributed by atoms with van der Waals surface area (Å²) >= 11 is 0. The number of benzene rings is 3. The van der Waals surface area contributed by atoms with Crippen LogP contribution in [0.25, 0.3) is 0 Å². The van der Waals surface area contributed by atoms with Gasteiger partial charge in [0, 0.05) is 12.1 Å². The molecule has 0 radical (unpaired) electrons. The SMILES string of the molecule is O=C(COc1ccc([N+](=O)[O-])cc1)NN(c1ccccc1)c1ccccc1. The summed E-state index contributed by atoms with van der Waals surface area (Å²) in [5, 5.41) is 12.3. The molecule has 3 rings (SSSR count). The van der Waals surface area contributed by atoms with Crippen molar-refractivity contribution in [3.8, 4) is 5.75 Å². The van der Waals surface area contributed by atoms with Crippen LogP contribution in [0, 0.1) is 10.1 Å². The molecule has 7 nitrogen and oxygen atoms in total. The molecule has 0 bridgehead atoms. The molecular weight excluding hydrogens is 346 g/mol. The van der Waals surface area contributed by atoms with Crippen molar-refractivity contribution in [3.63, 3.8) is 0 Å². The fourth-order valence-electron chi connectivity index (χ4n) is 2.40. The third-order valence-corrected chi connectivity index (χ3v) is 3.68. The summed E-state index contributed by atoms with van der Waals surface area (Å²) in [4.78, 5) is 22.5. The lowest BCUT2D eigenvalue weighted by Crippen LogP contribution is -2.41. The van der Waals surface area contributed by atoms with Gasteiger partial charge >= 0.3 is 0 Å². The molecular formula is C20H17N3O4. The predicted molar refractivity (Wildman–Crippen MR) is 102 cm³/mol. The topological polar surface area (TPSA) is 84.7 Å². The second kappa shape index (κ2) is 8.48. The van der Waals surface area contributed by atoms with E-state index in [1.165, 1.54) is 24.3 Å². The van der Waals surface area contributed by atoms with Gasteiger partial charge in [-0.15, -0.1) is 0 Å². The van der Waals surface area contributed by atoms with Crippen molar-refractivity contribution < 1.29 is 14.5 Å². The summed E-state index contributed by atoms with van der Waals surface area (Å²) in [6.45, 7) is -0.228. The molecule has 0 aromatic heterocycles. The fourth-order valence-corrected chi connectivity index (χ4v) is 2.40. The van der Waals surface area contributed by atoms with E-state index in [1.54, 1.807) is 5.01 Å². The number of hydrazine groups is 1. The summed E-state index contributed by atoms with van der Waals surface area (Å²) in [6, 6.07) is 24.4. The molecule has 7 heteroatoms. The fraction of sp³-hybridized carbons (Fsp3) is 0.0500. The van der Waals surface area contributed by atoms with Crippen molar-refractivity contribution in [3.05, 3.63) is 95.0 Å². The van der Waals surface area contributed by atoms with Crippen molar-refractivity contribution in [2.75, 3.05) is 11.6 Å². The second-order valence-corrected chi connectivity index (χ2v) is 5.58. The lowest BCUT2D eigenvalue weighted by atomic mass is 10.2. The number of rotatable bonds is 7. The van der Waals surface area contributed by atoms with Crippen LogP contribution in [0.2, 0.25) is 0 Å². The van der Waals surface area contributed by atoms with Crippen LogP contribution in [0.15, 0.2) is 84.9 Å². The van der Waals surface area contributed by atoms with Gasteiger partial charge < -0.3 is 4.74 Å². The molecule has 27 heavy (non-hydrogen) atoms. The van der Waals surface area contributed by atoms with Gasteiger partial charge in [0.15, 0.2) is 6.61 Å². The highest BCUT2D eigenvalue weighted by Gasteiger charge is 2.13. The first-order chi connectivity index (χ1) is 13.1. The summed E-state index contributed by atoms with van der Waals surface area (Å²) in [6.07, 6.45) is 0. The molecule has 3 aromatic carbocycles. The lowest BCUT2D eigenvalue weighted by molar-refractivity contribution is -0.384. The van der Waals surface area contributed by atoms with Crippen LogP contribution in [0.1, 0.15) is 0 Å². The Balaban J connectivity index is 1.67. The molecule has 0 saturated heterocycles. The Morgan fingerprint density at radius 3 is 1.89 bits per heavy atom. The van der Waals surface area contributed by atoms with Crippen molar-refractivity contribution >= 4 is 23.0 Å². The largest absolute Gasteiger partial charge is 0.484 e. The normalized spacial score (nSPS) is 10.1. The Bertz CT molecular complexity index is 860. The minimum absolute atomic E-state index is 0.0360. The van der Waals surface area contributed by atoms with Crippen LogP contribution in [-0.4, -0.2) is 17.4 Å². The number of nitrogens with one attached hydrogen (secondary N) is 1. The maximum absolute atomic E-state index is 12.4. The average molecular weight is 363 g/mol. The van der Waals surface area contributed by atoms with E-state index >= 15 is 0 Å². The first kappa shape index (κ1) is 17.9. The summed E-state index contributed by atoms with van der Waals surface area (Å²) in [5.74, 6) is 0.0165. The molecule has 0 atom stereocenters. The number of nitro benzene ring substituents is 1. The maximum Gasteiger partial charge on any atom is 0.276 e. The van der Waals surface area contributed by atoms with Gasteiger partial charge in [0.1, 0.15) is 5.75 Å². The highest BCUT2D eigenvalue weighted by Crippen LogP contribution is 2.22. The van der Waals surface area contributed by atoms with Crippen LogP contribution < -0.4 is 15.2 Å². The molecule has 0 fully saturated rings. The van der Waals surface area contributed by atoms with Gasteiger partial charge in [-0.1, -0.05) is 36.4 Å². The molecule has 0 spiro atoms. The summed E-state index contributed by atoms with van der Waals surface area (Å²) in [7, 11) is 0. The summed E-state index contributed by atoms with van der Waals surface area (Å²) in [5.41, 5.74) is 4.37. The van der Waals surface area contributed by atoms with E-state index in [0.717, 1.165) is 11.4 Å². The van der Waals surface area contributed by atoms with Crippen LogP contribution in [0.5, 0.6) is 5.75 Å². The molecule has 3 aromatic rings. The van der Waals surface area contributed by atoms with Gasteiger partial charge in [0.05, 0.1) is 16.3 Å². The molecule has 0 aliphatic carbocycles. The third kappa shape index (κ3) is 4.82. The molecule has 0 aliphatic rings. The Hall–Kier alpha value is -3.87. The number of carbonyl (C=O) groups excluding carboxylic acids is 1. The van der Waals surface area contributed by atoms with Crippen LogP contribution in [0.4, 0.5) is 17.1 Å². The first-order valence-electron chi connectivity index (χ1n) is 8.20. The van der Waals surface area contributed by atoms with E-state index in [4.69, 9.17) is 4.74 Å². The minimum atomic E-state index is -0.492. The Morgan fingerprint density at radius 2 is 1.41 bits per heavy atom. The third-order valence-electron chi connectivity index (χ3n) is 3.68. The van der Waals surface area contributed by atoms with Gasteiger partial charge in [0.25, 0.3) is 11.6 Å². The van der Waals surface area contributed by atoms with Crippen LogP contribution >= 0.6 is 0 Å². The van der Waals surface area contributed by atoms with E-state index in [-0.39, 0.29) is 18.2 Å². The van der Waals surface area contributed by atoms with Gasteiger partial charge in [-0.3, -0.25) is 25.3 Å². The van der Waals surface area contributed by atoms with Crippen molar-refractivity contribution in [2.24, 2.45) is 0 Å². The maximum atomic E-state index is 12.4. The van der Waals surface area contributed by atoms with Gasteiger partial charge in [-0.05, 0) is 36.4 Å². The Labute approximate surface area is 155 Å². The van der Waals surface area contributed by atoms with Crippen LogP contribution in [-0.2, 0) is 4.79 Å². The number of nitro groups is 1. The zero-order valence-electron chi connectivity index (χ0n) is 14.3. The van der Waals surface area contributed by atoms with Crippen molar-refractivity contribution in [1.82, 2.24) is 5.43 Å². The minimum Gasteiger partial charge on any atom is -0.484 e. The van der Waals surface area contributed by atoms with Gasteiger partial charge in [-0.2, -0.15) is 0 Å². The highest BCUT2D eigenvalue weighted by molar-refractivity contribution is 5.81. The molecule has 0 saturated carbocycles. The second-order valence-electron chi connectivity index (χ2n) is 5.58. The standard InChI is InChI=1S/C20H17N3O4/c24-20(15-27-19-13-11-18(12-14-19)23(25)26)21-22(16-7-3-1-4-8-16)17-9-5-2-6-10-17/h1-14H,15H2,(H,21,24). The average Bonchev–Trinajstić information content (AvgIpc) is 2.72. The van der Waals surface area contributed by atoms with Gasteiger partial charge in [0.2, 0.25) is 0 Å². The van der Waals surface area contributed by atoms with Gasteiger partial charge in [-0.25, -0.2) is 0 Å². The smallest absolute Gasteiger partial charge is 0.276 e. The Kier molecular flexibility index (Phi) is 5.64. The van der Waals surface area contributed by atoms with E-state index in [0.29, 0.717) is 5.75 Å². The molecule has 1 N–H and O–H groups in total. The number of carbonyl (C=O) groups is 1. The molecule has 0 unspecified atom stereocenters. The number of para-hydroxylation sites is 2. The number of ether oxygens (including phenoxy) is 1. The highest BCUT2D eigenvalue weighted by atomic mass is 16.6. The predicted octanol–water partition coefficient (Wildman–Crippen LogP) is 3.84. The molecule has 1 amide bonds. The lowest BCUT2D eigenvalue weighted by Gasteiger charge is -2.25. The Morgan fingerprint density at radius 1 is 0.889 bits per heavy atom. The number of amides is 1. The first-order valence-corrected chi connectivity index (χ1v) is 8.20. The monoisotopic (exact) mass is 363 g/mol. The zero-order valence-corrected chi connectivity index (χ0v) is 14.3. The number of nitrogens with zero attached hydrogens (tertiary/aromatic N) is 2. The quantitative estimate of drug-likeness (QED) is 0.509. The van der Waals surface area contributed by atoms with Crippen LogP contribution in [0.3, 0.4) is 0 Å². The van der Waals surface area contributed by atoms with E-state index < -0.39 is 4.92 Å². The number of hydrogen-bond donors (Lipinski definition) is 1. The summed E-state index contributed by atoms with van der Waals surface area (Å²) < 4.78 is 5.41. The molecule has 0 aliphatic heterocycles. The van der Waals surface area contributed by atoms with E-state index in [9.17, 15) is 14.9 Å². The van der Waals surface area contributed by atoms with E-state index in [2.05, 4.69) is 5.43 Å². The number of anilines is 2. The number of non-ortho nitro benzene ring substituents is 1. The zero-order chi connectivity index (χ0) is 19.1. The number of hydrogen-bond acceptors (Lipinski definition) is 5. The van der Waals surface area contributed by atoms with Crippen molar-refractivity contribution in [1.29, 1.82) is 0 Å².